The lowest BCUT2D eigenvalue weighted by Gasteiger charge is -2.38. The number of amidine groups is 1. The number of nitrogens with two attached hydrogens (primary N) is 1. The van der Waals surface area contributed by atoms with Crippen molar-refractivity contribution in [3.05, 3.63) is 59.4 Å². The maximum absolute atomic E-state index is 13.7. The van der Waals surface area contributed by atoms with Gasteiger partial charge in [-0.25, -0.2) is 18.2 Å². The third kappa shape index (κ3) is 5.24. The highest BCUT2D eigenvalue weighted by molar-refractivity contribution is 5.84. The van der Waals surface area contributed by atoms with Crippen LogP contribution in [0.1, 0.15) is 32.3 Å². The van der Waals surface area contributed by atoms with Gasteiger partial charge in [-0.3, -0.25) is 0 Å². The van der Waals surface area contributed by atoms with Crippen molar-refractivity contribution in [2.24, 2.45) is 10.7 Å². The highest BCUT2D eigenvalue weighted by Gasteiger charge is 2.56. The molecule has 0 heterocycles. The van der Waals surface area contributed by atoms with Gasteiger partial charge in [-0.05, 0) is 42.2 Å². The van der Waals surface area contributed by atoms with Gasteiger partial charge in [-0.2, -0.15) is 13.2 Å². The van der Waals surface area contributed by atoms with Crippen LogP contribution in [0.25, 0.3) is 0 Å². The summed E-state index contributed by atoms with van der Waals surface area (Å²) in [4.78, 5) is 3.61. The van der Waals surface area contributed by atoms with Gasteiger partial charge in [-0.1, -0.05) is 13.8 Å². The van der Waals surface area contributed by atoms with Gasteiger partial charge >= 0.3 is 6.18 Å². The fourth-order valence-corrected chi connectivity index (χ4v) is 3.20. The molecule has 2 aromatic rings. The number of aromatic hydroxyl groups is 1. The molecule has 4 N–H and O–H groups in total. The predicted molar refractivity (Wildman–Crippen MR) is 99.0 cm³/mol. The average Bonchev–Trinajstić information content (AvgIpc) is 2.58. The molecule has 0 saturated heterocycles. The van der Waals surface area contributed by atoms with E-state index in [-0.39, 0.29) is 11.3 Å². The number of alkyl halides is 3. The summed E-state index contributed by atoms with van der Waals surface area (Å²) >= 11 is 0. The molecule has 2 rings (SSSR count). The Morgan fingerprint density at radius 1 is 1.00 bits per heavy atom. The number of phenolic OH excluding ortho intramolecular Hbond substituents is 1. The molecule has 2 aromatic carbocycles. The fraction of sp³-hybridized carbons (Fsp3) is 0.350. The zero-order valence-electron chi connectivity index (χ0n) is 16.1. The Morgan fingerprint density at radius 3 is 2.20 bits per heavy atom. The zero-order valence-corrected chi connectivity index (χ0v) is 16.1. The van der Waals surface area contributed by atoms with Crippen LogP contribution in [-0.2, 0) is 5.41 Å². The zero-order chi connectivity index (χ0) is 22.9. The van der Waals surface area contributed by atoms with Gasteiger partial charge in [0.1, 0.15) is 17.4 Å². The monoisotopic (exact) mass is 434 g/mol. The second-order valence-electron chi connectivity index (χ2n) is 7.63. The van der Waals surface area contributed by atoms with Crippen LogP contribution in [0, 0.1) is 17.5 Å². The minimum atomic E-state index is -5.17. The first-order chi connectivity index (χ1) is 13.6. The summed E-state index contributed by atoms with van der Waals surface area (Å²) in [6, 6.07) is 5.20. The van der Waals surface area contributed by atoms with E-state index in [1.807, 2.05) is 0 Å². The van der Waals surface area contributed by atoms with Crippen LogP contribution in [0.3, 0.4) is 0 Å². The number of benzene rings is 2. The van der Waals surface area contributed by atoms with Gasteiger partial charge in [0.2, 0.25) is 0 Å². The van der Waals surface area contributed by atoms with E-state index in [0.29, 0.717) is 6.07 Å². The van der Waals surface area contributed by atoms with Gasteiger partial charge < -0.3 is 15.9 Å². The van der Waals surface area contributed by atoms with Crippen LogP contribution in [0.5, 0.6) is 5.75 Å². The first-order valence-corrected chi connectivity index (χ1v) is 8.71. The van der Waals surface area contributed by atoms with E-state index in [1.165, 1.54) is 13.8 Å². The maximum atomic E-state index is 13.7. The molecule has 1 atom stereocenters. The predicted octanol–water partition coefficient (Wildman–Crippen LogP) is 4.85. The first kappa shape index (κ1) is 23.5. The van der Waals surface area contributed by atoms with Crippen LogP contribution in [0.15, 0.2) is 41.4 Å². The Hall–Kier alpha value is -2.75. The van der Waals surface area contributed by atoms with E-state index in [4.69, 9.17) is 5.73 Å². The molecule has 0 saturated carbocycles. The van der Waals surface area contributed by atoms with Crippen molar-refractivity contribution in [2.75, 3.05) is 0 Å². The lowest BCUT2D eigenvalue weighted by Crippen LogP contribution is -2.51. The summed E-state index contributed by atoms with van der Waals surface area (Å²) in [6.45, 7) is 2.59. The summed E-state index contributed by atoms with van der Waals surface area (Å²) in [5, 5.41) is 20.4. The molecule has 0 aliphatic heterocycles. The van der Waals surface area contributed by atoms with Gasteiger partial charge in [0, 0.05) is 18.1 Å². The highest BCUT2D eigenvalue weighted by atomic mass is 19.4. The number of rotatable bonds is 6. The quantitative estimate of drug-likeness (QED) is 0.346. The summed E-state index contributed by atoms with van der Waals surface area (Å²) in [5.74, 6) is -4.32. The van der Waals surface area contributed by atoms with Crippen molar-refractivity contribution in [1.82, 2.24) is 0 Å². The Morgan fingerprint density at radius 2 is 1.63 bits per heavy atom. The summed E-state index contributed by atoms with van der Waals surface area (Å²) in [6.07, 6.45) is -7.34. The number of aliphatic hydroxyl groups is 1. The van der Waals surface area contributed by atoms with E-state index in [9.17, 15) is 36.6 Å². The van der Waals surface area contributed by atoms with E-state index in [2.05, 4.69) is 4.99 Å². The van der Waals surface area contributed by atoms with Crippen LogP contribution in [0.4, 0.5) is 32.0 Å². The number of halogens is 6. The van der Waals surface area contributed by atoms with Crippen molar-refractivity contribution < 1.29 is 36.6 Å². The van der Waals surface area contributed by atoms with Crippen LogP contribution in [0.2, 0.25) is 0 Å². The molecule has 10 heteroatoms. The molecule has 0 radical (unpaired) electrons. The Labute approximate surface area is 168 Å². The minimum Gasteiger partial charge on any atom is -0.508 e. The van der Waals surface area contributed by atoms with Gasteiger partial charge in [0.25, 0.3) is 0 Å². The van der Waals surface area contributed by atoms with Crippen molar-refractivity contribution in [1.29, 1.82) is 0 Å². The molecule has 0 aliphatic carbocycles. The number of hydrogen-bond acceptors (Lipinski definition) is 3. The maximum Gasteiger partial charge on any atom is 0.417 e. The Kier molecular flexibility index (Phi) is 6.41. The van der Waals surface area contributed by atoms with Crippen LogP contribution in [-0.4, -0.2) is 27.8 Å². The molecule has 0 bridgehead atoms. The molecule has 30 heavy (non-hydrogen) atoms. The Balaban J connectivity index is 2.38. The molecule has 0 spiro atoms. The normalized spacial score (nSPS) is 15.2. The topological polar surface area (TPSA) is 78.8 Å². The van der Waals surface area contributed by atoms with Gasteiger partial charge in [0.05, 0.1) is 5.69 Å². The van der Waals surface area contributed by atoms with E-state index in [1.54, 1.807) is 0 Å². The second kappa shape index (κ2) is 8.17. The van der Waals surface area contributed by atoms with Gasteiger partial charge in [-0.15, -0.1) is 0 Å². The van der Waals surface area contributed by atoms with E-state index in [0.717, 1.165) is 30.3 Å². The average molecular weight is 434 g/mol. The first-order valence-electron chi connectivity index (χ1n) is 8.71. The third-order valence-electron chi connectivity index (χ3n) is 4.60. The molecule has 0 aromatic heterocycles. The molecule has 0 amide bonds. The van der Waals surface area contributed by atoms with E-state index < -0.39 is 59.1 Å². The van der Waals surface area contributed by atoms with Crippen LogP contribution >= 0.6 is 0 Å². The van der Waals surface area contributed by atoms with Crippen molar-refractivity contribution in [2.45, 2.75) is 43.9 Å². The molecule has 0 fully saturated rings. The largest absolute Gasteiger partial charge is 0.508 e. The number of phenols is 1. The second-order valence-corrected chi connectivity index (χ2v) is 7.63. The van der Waals surface area contributed by atoms with Crippen LogP contribution < -0.4 is 5.73 Å². The number of nitrogens with zero attached hydrogens (tertiary/aromatic N) is 1. The molecule has 164 valence electrons. The standard InChI is InChI=1S/C20H20F6N2O2/c1-18(2,13-7-11(21)3-6-16(13)29)10-19(30,20(24,25)26)9-17(27)28-12-4-5-14(22)15(23)8-12/h3-8,29-30H,9-10H2,1-2H3,(H2,27,28). The SMILES string of the molecule is CC(C)(CC(O)(CC(N)=Nc1ccc(F)c(F)c1)C(F)(F)F)c1cc(F)ccc1O. The van der Waals surface area contributed by atoms with Gasteiger partial charge in [0.15, 0.2) is 17.2 Å². The lowest BCUT2D eigenvalue weighted by atomic mass is 9.73. The minimum absolute atomic E-state index is 0.138. The molecular formula is C20H20F6N2O2. The highest BCUT2D eigenvalue weighted by Crippen LogP contribution is 2.45. The smallest absolute Gasteiger partial charge is 0.417 e. The third-order valence-corrected chi connectivity index (χ3v) is 4.60. The number of aliphatic imine (C=N–C) groups is 1. The van der Waals surface area contributed by atoms with Crippen molar-refractivity contribution in [3.8, 4) is 5.75 Å². The Bertz CT molecular complexity index is 959. The lowest BCUT2D eigenvalue weighted by molar-refractivity contribution is -0.263. The van der Waals surface area contributed by atoms with Crippen molar-refractivity contribution in [3.63, 3.8) is 0 Å². The fourth-order valence-electron chi connectivity index (χ4n) is 3.20. The molecule has 1 unspecified atom stereocenters. The molecular weight excluding hydrogens is 414 g/mol. The molecule has 0 aliphatic rings. The molecule has 4 nitrogen and oxygen atoms in total. The summed E-state index contributed by atoms with van der Waals surface area (Å²) in [7, 11) is 0. The summed E-state index contributed by atoms with van der Waals surface area (Å²) < 4.78 is 81.0. The van der Waals surface area contributed by atoms with Crippen molar-refractivity contribution >= 4 is 11.5 Å². The number of hydrogen-bond donors (Lipinski definition) is 3. The van der Waals surface area contributed by atoms with E-state index >= 15 is 0 Å². The summed E-state index contributed by atoms with van der Waals surface area (Å²) in [5.41, 5.74) is 0.246.